The third kappa shape index (κ3) is 9.92. The molecule has 0 saturated heterocycles. The van der Waals surface area contributed by atoms with Gasteiger partial charge in [-0.3, -0.25) is 0 Å². The molecule has 5 N–H and O–H groups in total. The minimum absolute atomic E-state index is 0.0324. The lowest BCUT2D eigenvalue weighted by Gasteiger charge is -2.21. The van der Waals surface area contributed by atoms with Crippen molar-refractivity contribution in [1.29, 1.82) is 0 Å². The largest absolute Gasteiger partial charge is 0.510 e. The summed E-state index contributed by atoms with van der Waals surface area (Å²) in [5.74, 6) is 5.59. The number of aromatic nitrogens is 2. The van der Waals surface area contributed by atoms with Crippen LogP contribution in [0.5, 0.6) is 0 Å². The Hall–Kier alpha value is -5.67. The number of hydrogen-bond acceptors (Lipinski definition) is 11. The van der Waals surface area contributed by atoms with Gasteiger partial charge in [0.25, 0.3) is 5.09 Å². The number of nitrogens with zero attached hydrogens (tertiary/aromatic N) is 5. The van der Waals surface area contributed by atoms with E-state index in [2.05, 4.69) is 14.9 Å². The van der Waals surface area contributed by atoms with Crippen LogP contribution in [0.15, 0.2) is 77.9 Å². The Morgan fingerprint density at radius 2 is 1.78 bits per heavy atom. The first-order valence-corrected chi connectivity index (χ1v) is 15.6. The first-order valence-electron chi connectivity index (χ1n) is 15.2. The van der Waals surface area contributed by atoms with E-state index in [1.165, 1.54) is 6.92 Å². The van der Waals surface area contributed by atoms with Crippen LogP contribution in [-0.2, 0) is 40.5 Å². The number of rotatable bonds is 16. The number of aryl methyl sites for hydroxylation is 1. The Bertz CT molecular complexity index is 1810. The lowest BCUT2D eigenvalue weighted by atomic mass is 9.98. The van der Waals surface area contributed by atoms with Crippen LogP contribution in [0.25, 0.3) is 11.1 Å². The first kappa shape index (κ1) is 36.2. The quantitative estimate of drug-likeness (QED) is 0.0253. The lowest BCUT2D eigenvalue weighted by Crippen LogP contribution is -2.40. The molecule has 49 heavy (non-hydrogen) atoms. The molecule has 4 rings (SSSR count). The van der Waals surface area contributed by atoms with Crippen molar-refractivity contribution in [2.24, 2.45) is 16.7 Å². The van der Waals surface area contributed by atoms with E-state index in [9.17, 15) is 24.8 Å². The fourth-order valence-corrected chi connectivity index (χ4v) is 5.14. The number of hydrazone groups is 1. The van der Waals surface area contributed by atoms with Gasteiger partial charge >= 0.3 is 12.1 Å². The highest BCUT2D eigenvalue weighted by atomic mass is 35.5. The number of carbonyl (C=O) groups is 2. The van der Waals surface area contributed by atoms with Gasteiger partial charge in [0.05, 0.1) is 0 Å². The summed E-state index contributed by atoms with van der Waals surface area (Å²) >= 11 is 6.18. The van der Waals surface area contributed by atoms with Gasteiger partial charge in [-0.2, -0.15) is 5.12 Å². The van der Waals surface area contributed by atoms with Crippen LogP contribution < -0.4 is 11.6 Å². The molecule has 258 valence electrons. The fraction of sp³-hybridized carbons (Fsp3) is 0.273. The molecule has 0 spiro atoms. The number of nitrogens with two attached hydrogens (primary N) is 2. The van der Waals surface area contributed by atoms with Gasteiger partial charge in [-0.15, -0.1) is 15.2 Å². The van der Waals surface area contributed by atoms with Crippen molar-refractivity contribution in [3.63, 3.8) is 0 Å². The molecule has 0 aliphatic heterocycles. The summed E-state index contributed by atoms with van der Waals surface area (Å²) < 4.78 is 12.0. The highest BCUT2D eigenvalue weighted by Gasteiger charge is 2.22. The zero-order chi connectivity index (χ0) is 35.5. The maximum Gasteiger partial charge on any atom is 0.510 e. The summed E-state index contributed by atoms with van der Waals surface area (Å²) in [6.07, 6.45) is 0.305. The maximum atomic E-state index is 12.3. The van der Waals surface area contributed by atoms with E-state index in [1.54, 1.807) is 41.0 Å². The number of carboxylic acids is 1. The standard InChI is InChI=1S/C33H36ClN7O8/c1-3-4-12-28-37-30(34)29(32(42)43)39(28)18-22-13-15-25(16-14-22)26-10-5-6-11-27(26)31(35)38-40(36)21(2)49-33(44)47-19-23-8-7-9-24(17-23)20-48-41(45)46/h5-11,13-17,21H,3-4,12,18-20,36H2,1-2H3,(H2,35,38)(H,42,43). The highest BCUT2D eigenvalue weighted by Crippen LogP contribution is 2.26. The number of aromatic carboxylic acids is 1. The maximum absolute atomic E-state index is 12.3. The average molecular weight is 694 g/mol. The first-order chi connectivity index (χ1) is 23.5. The molecule has 0 aliphatic rings. The number of imidazole rings is 1. The predicted octanol–water partition coefficient (Wildman–Crippen LogP) is 5.50. The van der Waals surface area contributed by atoms with E-state index in [-0.39, 0.29) is 36.4 Å². The topological polar surface area (TPSA) is 211 Å². The summed E-state index contributed by atoms with van der Waals surface area (Å²) in [5, 5.41) is 24.4. The number of unbranched alkanes of at least 4 members (excludes halogenated alkanes) is 1. The number of hydrogen-bond donors (Lipinski definition) is 3. The smallest absolute Gasteiger partial charge is 0.476 e. The zero-order valence-electron chi connectivity index (χ0n) is 26.8. The van der Waals surface area contributed by atoms with Crippen molar-refractivity contribution in [1.82, 2.24) is 14.7 Å². The van der Waals surface area contributed by atoms with Crippen LogP contribution in [0.1, 0.15) is 65.3 Å². The normalized spacial score (nSPS) is 11.9. The molecule has 16 heteroatoms. The number of amidine groups is 1. The molecule has 0 amide bonds. The molecule has 1 aromatic heterocycles. The monoisotopic (exact) mass is 693 g/mol. The van der Waals surface area contributed by atoms with Crippen molar-refractivity contribution in [3.05, 3.63) is 122 Å². The second kappa shape index (κ2) is 16.9. The molecule has 0 bridgehead atoms. The fourth-order valence-electron chi connectivity index (χ4n) is 4.86. The number of benzene rings is 3. The van der Waals surface area contributed by atoms with Gasteiger partial charge in [-0.1, -0.05) is 97.7 Å². The van der Waals surface area contributed by atoms with Crippen LogP contribution in [0.3, 0.4) is 0 Å². The molecule has 0 fully saturated rings. The molecule has 0 aliphatic carbocycles. The Kier molecular flexibility index (Phi) is 12.5. The summed E-state index contributed by atoms with van der Waals surface area (Å²) in [4.78, 5) is 43.3. The molecule has 1 atom stereocenters. The minimum atomic E-state index is -1.14. The van der Waals surface area contributed by atoms with E-state index in [4.69, 9.17) is 32.7 Å². The van der Waals surface area contributed by atoms with Gasteiger partial charge in [-0.25, -0.2) is 20.4 Å². The second-order valence-corrected chi connectivity index (χ2v) is 11.2. The van der Waals surface area contributed by atoms with E-state index >= 15 is 0 Å². The highest BCUT2D eigenvalue weighted by molar-refractivity contribution is 6.32. The second-order valence-electron chi connectivity index (χ2n) is 10.8. The molecule has 1 unspecified atom stereocenters. The van der Waals surface area contributed by atoms with Crippen LogP contribution in [0.4, 0.5) is 4.79 Å². The Labute approximate surface area is 286 Å². The van der Waals surface area contributed by atoms with Crippen molar-refractivity contribution >= 4 is 29.6 Å². The third-order valence-corrected chi connectivity index (χ3v) is 7.58. The number of carboxylic acid groups (broad SMARTS) is 1. The molecule has 0 radical (unpaired) electrons. The average Bonchev–Trinajstić information content (AvgIpc) is 3.40. The van der Waals surface area contributed by atoms with Crippen molar-refractivity contribution in [2.45, 2.75) is 59.1 Å². The van der Waals surface area contributed by atoms with Crippen molar-refractivity contribution < 1.29 is 34.1 Å². The number of halogens is 1. The summed E-state index contributed by atoms with van der Waals surface area (Å²) in [6.45, 7) is 3.41. The number of hydrazine groups is 1. The van der Waals surface area contributed by atoms with E-state index in [0.717, 1.165) is 34.6 Å². The van der Waals surface area contributed by atoms with Gasteiger partial charge in [0, 0.05) is 18.5 Å². The molecule has 3 aromatic carbocycles. The Morgan fingerprint density at radius 3 is 2.45 bits per heavy atom. The summed E-state index contributed by atoms with van der Waals surface area (Å²) in [6, 6.07) is 21.4. The van der Waals surface area contributed by atoms with Gasteiger partial charge in [0.1, 0.15) is 19.0 Å². The molecule has 1 heterocycles. The SMILES string of the molecule is CCCCc1nc(Cl)c(C(=O)O)n1Cc1ccc(-c2ccccc2/C(N)=N/N(N)C(C)OC(=O)OCc2cccc(CO[N+](=O)[O-])c2)cc1. The van der Waals surface area contributed by atoms with E-state index in [0.29, 0.717) is 28.9 Å². The van der Waals surface area contributed by atoms with E-state index < -0.39 is 23.4 Å². The summed E-state index contributed by atoms with van der Waals surface area (Å²) in [5.41, 5.74) is 10.4. The number of carbonyl (C=O) groups excluding carboxylic acids is 1. The molecule has 0 saturated carbocycles. The molecule has 4 aromatic rings. The number of ether oxygens (including phenoxy) is 2. The van der Waals surface area contributed by atoms with Crippen LogP contribution in [0.2, 0.25) is 5.15 Å². The molecular formula is C33H36ClN7O8. The third-order valence-electron chi connectivity index (χ3n) is 7.32. The van der Waals surface area contributed by atoms with Crippen molar-refractivity contribution in [3.8, 4) is 11.1 Å². The summed E-state index contributed by atoms with van der Waals surface area (Å²) in [7, 11) is 0. The van der Waals surface area contributed by atoms with Crippen LogP contribution in [-0.4, -0.2) is 49.1 Å². The van der Waals surface area contributed by atoms with Gasteiger partial charge in [-0.05, 0) is 41.2 Å². The minimum Gasteiger partial charge on any atom is -0.476 e. The molecular weight excluding hydrogens is 658 g/mol. The molecule has 15 nitrogen and oxygen atoms in total. The lowest BCUT2D eigenvalue weighted by molar-refractivity contribution is -0.763. The van der Waals surface area contributed by atoms with E-state index in [1.807, 2.05) is 43.3 Å². The zero-order valence-corrected chi connectivity index (χ0v) is 27.6. The van der Waals surface area contributed by atoms with Gasteiger partial charge in [0.2, 0.25) is 6.23 Å². The van der Waals surface area contributed by atoms with Gasteiger partial charge < -0.3 is 29.7 Å². The Balaban J connectivity index is 1.41. The van der Waals surface area contributed by atoms with Crippen molar-refractivity contribution in [2.75, 3.05) is 0 Å². The predicted molar refractivity (Wildman–Crippen MR) is 179 cm³/mol. The Morgan fingerprint density at radius 1 is 1.08 bits per heavy atom. The van der Waals surface area contributed by atoms with Crippen LogP contribution in [0, 0.1) is 10.1 Å². The van der Waals surface area contributed by atoms with Crippen LogP contribution >= 0.6 is 11.6 Å². The van der Waals surface area contributed by atoms with Gasteiger partial charge in [0.15, 0.2) is 16.7 Å².